The number of nitrogens with one attached hydrogen (secondary N) is 2. The molecule has 0 aliphatic carbocycles. The molecular formula is C56H112N4O6. The van der Waals surface area contributed by atoms with Crippen LogP contribution in [-0.4, -0.2) is 118 Å². The van der Waals surface area contributed by atoms with Gasteiger partial charge in [-0.3, -0.25) is 19.4 Å². The molecule has 0 bridgehead atoms. The predicted octanol–water partition coefficient (Wildman–Crippen LogP) is 11.9. The van der Waals surface area contributed by atoms with Crippen molar-refractivity contribution in [2.24, 2.45) is 0 Å². The summed E-state index contributed by atoms with van der Waals surface area (Å²) in [5, 5.41) is 50.0. The van der Waals surface area contributed by atoms with E-state index in [1.807, 2.05) is 0 Å². The topological polar surface area (TPSA) is 146 Å². The highest BCUT2D eigenvalue weighted by molar-refractivity contribution is 5.96. The number of rotatable bonds is 50. The van der Waals surface area contributed by atoms with E-state index in [0.29, 0.717) is 39.0 Å². The van der Waals surface area contributed by atoms with Crippen molar-refractivity contribution in [1.82, 2.24) is 20.4 Å². The third kappa shape index (κ3) is 36.7. The van der Waals surface area contributed by atoms with Gasteiger partial charge in [-0.05, 0) is 77.3 Å². The van der Waals surface area contributed by atoms with E-state index in [2.05, 4.69) is 48.1 Å². The van der Waals surface area contributed by atoms with Gasteiger partial charge < -0.3 is 31.1 Å². The minimum absolute atomic E-state index is 0.115. The van der Waals surface area contributed by atoms with Crippen molar-refractivity contribution in [3.05, 3.63) is 0 Å². The van der Waals surface area contributed by atoms with Crippen LogP contribution in [0.3, 0.4) is 0 Å². The van der Waals surface area contributed by atoms with Gasteiger partial charge in [0.15, 0.2) is 0 Å². The monoisotopic (exact) mass is 937 g/mol. The Bertz CT molecular complexity index is 951. The number of unbranched alkanes of at least 4 members (excludes halogenated alkanes) is 26. The third-order valence-corrected chi connectivity index (χ3v) is 14.1. The van der Waals surface area contributed by atoms with Gasteiger partial charge in [-0.15, -0.1) is 0 Å². The molecule has 1 aliphatic heterocycles. The molecule has 0 spiro atoms. The van der Waals surface area contributed by atoms with Crippen molar-refractivity contribution in [3.8, 4) is 0 Å². The van der Waals surface area contributed by atoms with Crippen LogP contribution < -0.4 is 10.6 Å². The summed E-state index contributed by atoms with van der Waals surface area (Å²) < 4.78 is 0. The SMILES string of the molecule is CCCCCCCCCC(O)CN(CCCCC1NC(=O)C(CCCCN(CC(O)CCCCCCCCC)CC(O)CCCCCCCCC)NC1=O)CC(O)CCCCCCCCC. The summed E-state index contributed by atoms with van der Waals surface area (Å²) in [5.74, 6) is -0.231. The zero-order valence-electron chi connectivity index (χ0n) is 44.1. The molecule has 0 aromatic rings. The van der Waals surface area contributed by atoms with Crippen LogP contribution in [0.2, 0.25) is 0 Å². The summed E-state index contributed by atoms with van der Waals surface area (Å²) in [6.45, 7) is 12.7. The first-order chi connectivity index (χ1) is 32.1. The molecule has 1 fully saturated rings. The molecule has 6 unspecified atom stereocenters. The molecule has 1 saturated heterocycles. The Labute approximate surface area is 408 Å². The van der Waals surface area contributed by atoms with E-state index in [1.54, 1.807) is 0 Å². The molecule has 6 atom stereocenters. The van der Waals surface area contributed by atoms with Crippen molar-refractivity contribution in [3.63, 3.8) is 0 Å². The van der Waals surface area contributed by atoms with E-state index in [4.69, 9.17) is 0 Å². The van der Waals surface area contributed by atoms with Gasteiger partial charge in [0, 0.05) is 26.2 Å². The van der Waals surface area contributed by atoms with Gasteiger partial charge in [-0.1, -0.05) is 207 Å². The second kappa shape index (κ2) is 44.9. The van der Waals surface area contributed by atoms with Crippen LogP contribution in [0.25, 0.3) is 0 Å². The average Bonchev–Trinajstić information content (AvgIpc) is 3.29. The first-order valence-electron chi connectivity index (χ1n) is 28.9. The van der Waals surface area contributed by atoms with Gasteiger partial charge in [0.2, 0.25) is 11.8 Å². The lowest BCUT2D eigenvalue weighted by Crippen LogP contribution is -2.61. The number of aliphatic hydroxyl groups excluding tert-OH is 4. The molecule has 1 aliphatic rings. The molecular weight excluding hydrogens is 825 g/mol. The summed E-state index contributed by atoms with van der Waals surface area (Å²) in [5.41, 5.74) is 0. The van der Waals surface area contributed by atoms with Gasteiger partial charge in [0.25, 0.3) is 0 Å². The lowest BCUT2D eigenvalue weighted by atomic mass is 10.0. The van der Waals surface area contributed by atoms with E-state index in [0.717, 1.165) is 116 Å². The summed E-state index contributed by atoms with van der Waals surface area (Å²) in [4.78, 5) is 30.9. The molecule has 6 N–H and O–H groups in total. The smallest absolute Gasteiger partial charge is 0.243 e. The summed E-state index contributed by atoms with van der Waals surface area (Å²) in [6.07, 6.45) is 40.1. The summed E-state index contributed by atoms with van der Waals surface area (Å²) >= 11 is 0. The Balaban J connectivity index is 2.59. The molecule has 1 heterocycles. The summed E-state index contributed by atoms with van der Waals surface area (Å²) in [7, 11) is 0. The van der Waals surface area contributed by atoms with Crippen LogP contribution in [0.5, 0.6) is 0 Å². The van der Waals surface area contributed by atoms with Crippen molar-refractivity contribution in [2.45, 2.75) is 308 Å². The van der Waals surface area contributed by atoms with Gasteiger partial charge in [0.1, 0.15) is 12.1 Å². The van der Waals surface area contributed by atoms with Crippen molar-refractivity contribution >= 4 is 11.8 Å². The minimum atomic E-state index is -0.542. The van der Waals surface area contributed by atoms with E-state index >= 15 is 0 Å². The third-order valence-electron chi connectivity index (χ3n) is 14.1. The van der Waals surface area contributed by atoms with Crippen molar-refractivity contribution < 1.29 is 30.0 Å². The average molecular weight is 938 g/mol. The van der Waals surface area contributed by atoms with Gasteiger partial charge in [-0.25, -0.2) is 0 Å². The highest BCUT2D eigenvalue weighted by atomic mass is 16.3. The maximum absolute atomic E-state index is 13.2. The molecule has 392 valence electrons. The molecule has 0 saturated carbocycles. The lowest BCUT2D eigenvalue weighted by molar-refractivity contribution is -0.137. The molecule has 0 radical (unpaired) electrons. The molecule has 2 amide bonds. The molecule has 66 heavy (non-hydrogen) atoms. The number of piperazine rings is 1. The number of hydrogen-bond donors (Lipinski definition) is 6. The van der Waals surface area contributed by atoms with Gasteiger partial charge in [-0.2, -0.15) is 0 Å². The zero-order valence-corrected chi connectivity index (χ0v) is 44.1. The molecule has 0 aromatic carbocycles. The Kier molecular flexibility index (Phi) is 42.6. The number of hydrogen-bond acceptors (Lipinski definition) is 8. The Hall–Kier alpha value is -1.30. The van der Waals surface area contributed by atoms with Crippen LogP contribution >= 0.6 is 0 Å². The van der Waals surface area contributed by atoms with Gasteiger partial charge in [0.05, 0.1) is 24.4 Å². The fourth-order valence-corrected chi connectivity index (χ4v) is 9.87. The fraction of sp³-hybridized carbons (Fsp3) is 0.964. The van der Waals surface area contributed by atoms with Crippen LogP contribution in [0, 0.1) is 0 Å². The standard InChI is InChI=1S/C56H112N4O6/c1-5-9-13-17-21-25-29-37-49(61)45-59(46-50(62)38-30-26-22-18-14-10-6-2)43-35-33-41-53-55(65)58-54(56(66)57-53)42-34-36-44-60(47-51(63)39-31-27-23-19-15-11-7-3)48-52(64)40-32-28-24-20-16-12-8-4/h49-54,61-64H,5-48H2,1-4H3,(H,57,66)(H,58,65). The number of nitrogens with zero attached hydrogens (tertiary/aromatic N) is 2. The van der Waals surface area contributed by atoms with Crippen LogP contribution in [0.4, 0.5) is 0 Å². The number of aliphatic hydroxyl groups is 4. The number of carbonyl (C=O) groups excluding carboxylic acids is 2. The maximum atomic E-state index is 13.2. The Morgan fingerprint density at radius 1 is 0.348 bits per heavy atom. The zero-order chi connectivity index (χ0) is 48.3. The second-order valence-corrected chi connectivity index (χ2v) is 20.9. The first-order valence-corrected chi connectivity index (χ1v) is 28.9. The minimum Gasteiger partial charge on any atom is -0.392 e. The quantitative estimate of drug-likeness (QED) is 0.0331. The van der Waals surface area contributed by atoms with Gasteiger partial charge >= 0.3 is 0 Å². The largest absolute Gasteiger partial charge is 0.392 e. The number of amides is 2. The predicted molar refractivity (Wildman–Crippen MR) is 279 cm³/mol. The Morgan fingerprint density at radius 3 is 0.818 bits per heavy atom. The van der Waals surface area contributed by atoms with E-state index in [1.165, 1.54) is 128 Å². The van der Waals surface area contributed by atoms with Crippen molar-refractivity contribution in [1.29, 1.82) is 0 Å². The molecule has 1 rings (SSSR count). The number of carbonyl (C=O) groups is 2. The molecule has 10 heteroatoms. The normalized spacial score (nSPS) is 17.4. The lowest BCUT2D eigenvalue weighted by Gasteiger charge is -2.31. The molecule has 10 nitrogen and oxygen atoms in total. The summed E-state index contributed by atoms with van der Waals surface area (Å²) in [6, 6.07) is -1.08. The van der Waals surface area contributed by atoms with E-state index in [-0.39, 0.29) is 11.8 Å². The van der Waals surface area contributed by atoms with E-state index < -0.39 is 36.5 Å². The highest BCUT2D eigenvalue weighted by Gasteiger charge is 2.33. The fourth-order valence-electron chi connectivity index (χ4n) is 9.87. The molecule has 0 aromatic heterocycles. The van der Waals surface area contributed by atoms with Crippen LogP contribution in [0.1, 0.15) is 272 Å². The van der Waals surface area contributed by atoms with Crippen molar-refractivity contribution in [2.75, 3.05) is 39.3 Å². The maximum Gasteiger partial charge on any atom is 0.243 e. The highest BCUT2D eigenvalue weighted by Crippen LogP contribution is 2.18. The first kappa shape index (κ1) is 62.7. The second-order valence-electron chi connectivity index (χ2n) is 20.9. The van der Waals surface area contributed by atoms with E-state index in [9.17, 15) is 30.0 Å². The van der Waals surface area contributed by atoms with Crippen LogP contribution in [-0.2, 0) is 9.59 Å². The Morgan fingerprint density at radius 2 is 0.576 bits per heavy atom. The van der Waals surface area contributed by atoms with Crippen LogP contribution in [0.15, 0.2) is 0 Å².